The molecular weight excluding hydrogens is 398 g/mol. The molecule has 1 heterocycles. The van der Waals surface area contributed by atoms with Gasteiger partial charge in [-0.05, 0) is 55.4 Å². The highest BCUT2D eigenvalue weighted by molar-refractivity contribution is 8.18. The Morgan fingerprint density at radius 1 is 1.07 bits per heavy atom. The van der Waals surface area contributed by atoms with Gasteiger partial charge in [0, 0.05) is 17.1 Å². The van der Waals surface area contributed by atoms with Gasteiger partial charge in [0.1, 0.15) is 6.61 Å². The number of carbonyl (C=O) groups excluding carboxylic acids is 2. The third-order valence-electron chi connectivity index (χ3n) is 4.10. The number of carbonyl (C=O) groups is 2. The topological polar surface area (TPSA) is 55.8 Å². The molecule has 1 aliphatic rings. The smallest absolute Gasteiger partial charge is 0.293 e. The Morgan fingerprint density at radius 2 is 1.86 bits per heavy atom. The lowest BCUT2D eigenvalue weighted by Crippen LogP contribution is -2.27. The molecule has 7 heteroatoms. The number of hydrogen-bond donors (Lipinski definition) is 0. The monoisotopic (exact) mass is 417 g/mol. The fraction of sp³-hybridized carbons (Fsp3) is 0.238. The van der Waals surface area contributed by atoms with Crippen molar-refractivity contribution in [2.75, 3.05) is 13.2 Å². The van der Waals surface area contributed by atoms with Crippen LogP contribution in [-0.4, -0.2) is 29.2 Å². The zero-order valence-electron chi connectivity index (χ0n) is 15.6. The van der Waals surface area contributed by atoms with Crippen LogP contribution in [0.3, 0.4) is 0 Å². The Bertz CT molecular complexity index is 928. The van der Waals surface area contributed by atoms with Crippen molar-refractivity contribution < 1.29 is 19.1 Å². The summed E-state index contributed by atoms with van der Waals surface area (Å²) in [6.45, 7) is 4.81. The summed E-state index contributed by atoms with van der Waals surface area (Å²) in [5, 5.41) is 0.396. The van der Waals surface area contributed by atoms with Crippen LogP contribution in [0, 0.1) is 0 Å². The molecule has 0 bridgehead atoms. The van der Waals surface area contributed by atoms with E-state index in [-0.39, 0.29) is 11.1 Å². The van der Waals surface area contributed by atoms with Gasteiger partial charge in [-0.3, -0.25) is 14.5 Å². The Kier molecular flexibility index (Phi) is 6.65. The molecule has 2 aromatic carbocycles. The summed E-state index contributed by atoms with van der Waals surface area (Å²) in [7, 11) is 0. The first kappa shape index (κ1) is 20.3. The second-order valence-corrected chi connectivity index (χ2v) is 7.35. The van der Waals surface area contributed by atoms with E-state index in [1.165, 1.54) is 4.90 Å². The molecule has 1 fully saturated rings. The van der Waals surface area contributed by atoms with E-state index in [4.69, 9.17) is 21.1 Å². The maximum atomic E-state index is 12.3. The molecule has 0 N–H and O–H groups in total. The number of halogens is 1. The van der Waals surface area contributed by atoms with E-state index in [9.17, 15) is 9.59 Å². The van der Waals surface area contributed by atoms with Gasteiger partial charge in [-0.25, -0.2) is 0 Å². The van der Waals surface area contributed by atoms with Crippen molar-refractivity contribution in [3.05, 3.63) is 63.5 Å². The summed E-state index contributed by atoms with van der Waals surface area (Å²) >= 11 is 7.12. The molecule has 0 atom stereocenters. The van der Waals surface area contributed by atoms with Crippen molar-refractivity contribution in [3.8, 4) is 11.5 Å². The molecule has 0 spiro atoms. The fourth-order valence-electron chi connectivity index (χ4n) is 2.70. The number of imide groups is 1. The van der Waals surface area contributed by atoms with Crippen LogP contribution >= 0.6 is 23.4 Å². The quantitative estimate of drug-likeness (QED) is 0.566. The standard InChI is InChI=1S/C21H20ClNO4S/c1-3-23-20(24)19(28-21(23)25)12-14-9-10-17(18(11-14)26-4-2)27-13-15-7-5-6-8-16(15)22/h5-12H,3-4,13H2,1-2H3/b19-12-. The number of likely N-dealkylation sites (N-methyl/N-ethyl adjacent to an activating group) is 1. The van der Waals surface area contributed by atoms with Crippen molar-refractivity contribution >= 4 is 40.6 Å². The molecule has 0 aliphatic carbocycles. The highest BCUT2D eigenvalue weighted by Crippen LogP contribution is 2.35. The van der Waals surface area contributed by atoms with Crippen LogP contribution in [0.25, 0.3) is 6.08 Å². The zero-order valence-corrected chi connectivity index (χ0v) is 17.2. The first-order valence-corrected chi connectivity index (χ1v) is 10.1. The van der Waals surface area contributed by atoms with Crippen LogP contribution < -0.4 is 9.47 Å². The SMILES string of the molecule is CCOc1cc(/C=C2\SC(=O)N(CC)C2=O)ccc1OCc1ccccc1Cl. The largest absolute Gasteiger partial charge is 0.490 e. The van der Waals surface area contributed by atoms with Crippen molar-refractivity contribution in [2.24, 2.45) is 0 Å². The number of thioether (sulfide) groups is 1. The first-order valence-electron chi connectivity index (χ1n) is 8.92. The van der Waals surface area contributed by atoms with Gasteiger partial charge in [-0.1, -0.05) is 35.9 Å². The van der Waals surface area contributed by atoms with E-state index in [1.807, 2.05) is 37.3 Å². The molecule has 0 aromatic heterocycles. The molecule has 5 nitrogen and oxygen atoms in total. The Morgan fingerprint density at radius 3 is 2.54 bits per heavy atom. The van der Waals surface area contributed by atoms with E-state index in [2.05, 4.69) is 0 Å². The highest BCUT2D eigenvalue weighted by atomic mass is 35.5. The van der Waals surface area contributed by atoms with E-state index < -0.39 is 0 Å². The lowest BCUT2D eigenvalue weighted by Gasteiger charge is -2.13. The van der Waals surface area contributed by atoms with Gasteiger partial charge in [-0.15, -0.1) is 0 Å². The van der Waals surface area contributed by atoms with Crippen LogP contribution in [0.5, 0.6) is 11.5 Å². The molecular formula is C21H20ClNO4S. The summed E-state index contributed by atoms with van der Waals surface area (Å²) in [5.74, 6) is 0.883. The van der Waals surface area contributed by atoms with E-state index in [0.29, 0.717) is 41.2 Å². The van der Waals surface area contributed by atoms with Gasteiger partial charge in [0.15, 0.2) is 11.5 Å². The molecule has 0 unspecified atom stereocenters. The molecule has 0 radical (unpaired) electrons. The predicted octanol–water partition coefficient (Wildman–Crippen LogP) is 5.37. The average Bonchev–Trinajstić information content (AvgIpc) is 2.95. The Labute approximate surface area is 173 Å². The number of rotatable bonds is 7. The van der Waals surface area contributed by atoms with Gasteiger partial charge in [0.05, 0.1) is 11.5 Å². The van der Waals surface area contributed by atoms with Crippen LogP contribution in [0.1, 0.15) is 25.0 Å². The maximum Gasteiger partial charge on any atom is 0.293 e. The summed E-state index contributed by atoms with van der Waals surface area (Å²) < 4.78 is 11.6. The van der Waals surface area contributed by atoms with Gasteiger partial charge in [-0.2, -0.15) is 0 Å². The molecule has 2 amide bonds. The minimum absolute atomic E-state index is 0.247. The van der Waals surface area contributed by atoms with Crippen LogP contribution in [0.4, 0.5) is 4.79 Å². The Hall–Kier alpha value is -2.44. The van der Waals surface area contributed by atoms with E-state index in [1.54, 1.807) is 25.1 Å². The van der Waals surface area contributed by atoms with Gasteiger partial charge < -0.3 is 9.47 Å². The predicted molar refractivity (Wildman–Crippen MR) is 112 cm³/mol. The number of hydrogen-bond acceptors (Lipinski definition) is 5. The van der Waals surface area contributed by atoms with Crippen molar-refractivity contribution in [1.29, 1.82) is 0 Å². The zero-order chi connectivity index (χ0) is 20.1. The number of benzene rings is 2. The number of ether oxygens (including phenoxy) is 2. The van der Waals surface area contributed by atoms with Crippen molar-refractivity contribution in [2.45, 2.75) is 20.5 Å². The molecule has 0 saturated carbocycles. The lowest BCUT2D eigenvalue weighted by molar-refractivity contribution is -0.122. The van der Waals surface area contributed by atoms with Crippen LogP contribution in [0.15, 0.2) is 47.4 Å². The van der Waals surface area contributed by atoms with E-state index in [0.717, 1.165) is 22.9 Å². The summed E-state index contributed by atoms with van der Waals surface area (Å²) in [6, 6.07) is 12.9. The second kappa shape index (κ2) is 9.17. The minimum Gasteiger partial charge on any atom is -0.490 e. The van der Waals surface area contributed by atoms with E-state index >= 15 is 0 Å². The molecule has 2 aromatic rings. The maximum absolute atomic E-state index is 12.3. The lowest BCUT2D eigenvalue weighted by atomic mass is 10.1. The first-order chi connectivity index (χ1) is 13.5. The number of nitrogens with zero attached hydrogens (tertiary/aromatic N) is 1. The Balaban J connectivity index is 1.81. The van der Waals surface area contributed by atoms with Crippen LogP contribution in [0.2, 0.25) is 5.02 Å². The van der Waals surface area contributed by atoms with Gasteiger partial charge in [0.2, 0.25) is 0 Å². The van der Waals surface area contributed by atoms with Crippen molar-refractivity contribution in [1.82, 2.24) is 4.90 Å². The molecule has 28 heavy (non-hydrogen) atoms. The average molecular weight is 418 g/mol. The van der Waals surface area contributed by atoms with Gasteiger partial charge >= 0.3 is 0 Å². The molecule has 1 saturated heterocycles. The summed E-state index contributed by atoms with van der Waals surface area (Å²) in [5.41, 5.74) is 1.64. The highest BCUT2D eigenvalue weighted by Gasteiger charge is 2.33. The molecule has 146 valence electrons. The van der Waals surface area contributed by atoms with Gasteiger partial charge in [0.25, 0.3) is 11.1 Å². The fourth-order valence-corrected chi connectivity index (χ4v) is 3.79. The van der Waals surface area contributed by atoms with Crippen molar-refractivity contribution in [3.63, 3.8) is 0 Å². The minimum atomic E-state index is -0.269. The second-order valence-electron chi connectivity index (χ2n) is 5.95. The number of amides is 2. The molecule has 3 rings (SSSR count). The van der Waals surface area contributed by atoms with Crippen LogP contribution in [-0.2, 0) is 11.4 Å². The third-order valence-corrected chi connectivity index (χ3v) is 5.37. The normalized spacial score (nSPS) is 15.4. The summed E-state index contributed by atoms with van der Waals surface area (Å²) in [6.07, 6.45) is 1.70. The summed E-state index contributed by atoms with van der Waals surface area (Å²) in [4.78, 5) is 25.8. The molecule has 1 aliphatic heterocycles. The third kappa shape index (κ3) is 4.51.